The Bertz CT molecular complexity index is 1080. The van der Waals surface area contributed by atoms with Crippen molar-refractivity contribution in [1.82, 2.24) is 0 Å². The maximum absolute atomic E-state index is 13.6. The molecule has 166 valence electrons. The molecule has 3 aromatic rings. The number of carboxylic acid groups (broad SMARTS) is 1. The molecule has 0 aliphatic carbocycles. The third-order valence-corrected chi connectivity index (χ3v) is 5.28. The minimum absolute atomic E-state index is 0.0682. The van der Waals surface area contributed by atoms with E-state index < -0.39 is 5.97 Å². The number of carboxylic acids is 1. The summed E-state index contributed by atoms with van der Waals surface area (Å²) in [5.74, 6) is -0.311. The van der Waals surface area contributed by atoms with Crippen LogP contribution in [0.3, 0.4) is 0 Å². The fourth-order valence-electron chi connectivity index (χ4n) is 3.34. The first kappa shape index (κ1) is 23.2. The molecule has 0 aliphatic rings. The van der Waals surface area contributed by atoms with Gasteiger partial charge >= 0.3 is 5.97 Å². The second-order valence-electron chi connectivity index (χ2n) is 7.09. The predicted molar refractivity (Wildman–Crippen MR) is 125 cm³/mol. The van der Waals surface area contributed by atoms with E-state index >= 15 is 0 Å². The van der Waals surface area contributed by atoms with Crippen molar-refractivity contribution >= 4 is 29.2 Å². The Morgan fingerprint density at radius 2 is 1.56 bits per heavy atom. The highest BCUT2D eigenvalue weighted by atomic mass is 35.5. The lowest BCUT2D eigenvalue weighted by Crippen LogP contribution is -2.32. The monoisotopic (exact) mass is 453 g/mol. The van der Waals surface area contributed by atoms with Crippen LogP contribution in [0.25, 0.3) is 11.1 Å². The van der Waals surface area contributed by atoms with Gasteiger partial charge in [0, 0.05) is 24.6 Å². The summed E-state index contributed by atoms with van der Waals surface area (Å²) in [4.78, 5) is 26.1. The summed E-state index contributed by atoms with van der Waals surface area (Å²) >= 11 is 6.51. The summed E-state index contributed by atoms with van der Waals surface area (Å²) in [5, 5.41) is 9.47. The molecule has 0 heterocycles. The smallest absolute Gasteiger partial charge is 0.303 e. The molecule has 0 atom stereocenters. The normalized spacial score (nSPS) is 10.5. The number of benzene rings is 3. The lowest BCUT2D eigenvalue weighted by atomic mass is 10.0. The van der Waals surface area contributed by atoms with Gasteiger partial charge in [-0.2, -0.15) is 0 Å². The van der Waals surface area contributed by atoms with Crippen molar-refractivity contribution in [2.24, 2.45) is 0 Å². The van der Waals surface area contributed by atoms with Gasteiger partial charge in [0.1, 0.15) is 11.5 Å². The number of aliphatic carboxylic acids is 1. The van der Waals surface area contributed by atoms with Gasteiger partial charge in [0.2, 0.25) is 0 Å². The lowest BCUT2D eigenvalue weighted by molar-refractivity contribution is -0.137. The number of rotatable bonds is 9. The predicted octanol–water partition coefficient (Wildman–Crippen LogP) is 5.54. The minimum atomic E-state index is -0.926. The fraction of sp³-hybridized carbons (Fsp3) is 0.200. The third-order valence-electron chi connectivity index (χ3n) is 4.96. The molecule has 0 fully saturated rings. The highest BCUT2D eigenvalue weighted by molar-refractivity contribution is 6.34. The van der Waals surface area contributed by atoms with Gasteiger partial charge in [-0.1, -0.05) is 48.0 Å². The Balaban J connectivity index is 2.05. The van der Waals surface area contributed by atoms with E-state index in [4.69, 9.17) is 26.2 Å². The average molecular weight is 454 g/mol. The number of carbonyl (C=O) groups is 2. The van der Waals surface area contributed by atoms with Crippen molar-refractivity contribution in [3.05, 3.63) is 77.3 Å². The van der Waals surface area contributed by atoms with Crippen molar-refractivity contribution in [3.63, 3.8) is 0 Å². The van der Waals surface area contributed by atoms with Crippen LogP contribution in [0.2, 0.25) is 5.02 Å². The summed E-state index contributed by atoms with van der Waals surface area (Å²) in [7, 11) is 3.02. The summed E-state index contributed by atoms with van der Waals surface area (Å²) in [6, 6.07) is 20.1. The van der Waals surface area contributed by atoms with Crippen LogP contribution >= 0.6 is 11.6 Å². The van der Waals surface area contributed by atoms with Crippen LogP contribution in [0.4, 0.5) is 5.69 Å². The number of hydrogen-bond acceptors (Lipinski definition) is 4. The van der Waals surface area contributed by atoms with Crippen LogP contribution in [0.15, 0.2) is 66.7 Å². The van der Waals surface area contributed by atoms with E-state index in [1.807, 2.05) is 42.5 Å². The summed E-state index contributed by atoms with van der Waals surface area (Å²) < 4.78 is 10.6. The van der Waals surface area contributed by atoms with E-state index in [0.29, 0.717) is 27.8 Å². The van der Waals surface area contributed by atoms with Crippen molar-refractivity contribution in [3.8, 4) is 22.6 Å². The molecule has 0 saturated heterocycles. The Hall–Kier alpha value is -3.51. The molecule has 7 heteroatoms. The van der Waals surface area contributed by atoms with Crippen molar-refractivity contribution in [2.75, 3.05) is 25.7 Å². The second kappa shape index (κ2) is 10.7. The molecule has 3 aromatic carbocycles. The van der Waals surface area contributed by atoms with Crippen LogP contribution in [0.1, 0.15) is 23.2 Å². The number of hydrogen-bond donors (Lipinski definition) is 1. The van der Waals surface area contributed by atoms with Crippen molar-refractivity contribution < 1.29 is 24.2 Å². The maximum Gasteiger partial charge on any atom is 0.303 e. The van der Waals surface area contributed by atoms with Crippen LogP contribution in [0, 0.1) is 0 Å². The Labute approximate surface area is 192 Å². The van der Waals surface area contributed by atoms with Gasteiger partial charge in [-0.3, -0.25) is 9.59 Å². The molecule has 0 bridgehead atoms. The molecule has 0 unspecified atom stereocenters. The number of nitrogens with zero attached hydrogens (tertiary/aromatic N) is 1. The number of ether oxygens (including phenoxy) is 2. The highest BCUT2D eigenvalue weighted by Gasteiger charge is 2.22. The summed E-state index contributed by atoms with van der Waals surface area (Å²) in [6.45, 7) is 0.183. The zero-order valence-electron chi connectivity index (χ0n) is 17.9. The first-order chi connectivity index (χ1) is 15.4. The van der Waals surface area contributed by atoms with E-state index in [1.54, 1.807) is 24.3 Å². The zero-order valence-corrected chi connectivity index (χ0v) is 18.6. The molecular weight excluding hydrogens is 430 g/mol. The highest BCUT2D eigenvalue weighted by Crippen LogP contribution is 2.33. The molecular formula is C25H24ClNO5. The second-order valence-corrected chi connectivity index (χ2v) is 7.49. The van der Waals surface area contributed by atoms with Crippen LogP contribution in [-0.4, -0.2) is 37.7 Å². The molecule has 1 amide bonds. The standard InChI is InChI=1S/C25H24ClNO5/c1-31-20-13-19(14-21(16-20)32-2)25(30)27(12-6-9-24(28)29)23-15-18(10-11-22(23)26)17-7-4-3-5-8-17/h3-5,7-8,10-11,13-16H,6,9,12H2,1-2H3,(H,28,29). The average Bonchev–Trinajstić information content (AvgIpc) is 2.82. The quantitative estimate of drug-likeness (QED) is 0.460. The molecule has 0 radical (unpaired) electrons. The van der Waals surface area contributed by atoms with Gasteiger partial charge in [0.05, 0.1) is 24.9 Å². The molecule has 3 rings (SSSR count). The SMILES string of the molecule is COc1cc(OC)cc(C(=O)N(CCCC(=O)O)c2cc(-c3ccccc3)ccc2Cl)c1. The van der Waals surface area contributed by atoms with E-state index in [0.717, 1.165) is 11.1 Å². The van der Waals surface area contributed by atoms with Crippen LogP contribution in [0.5, 0.6) is 11.5 Å². The van der Waals surface area contributed by atoms with E-state index in [2.05, 4.69) is 0 Å². The van der Waals surface area contributed by atoms with Gasteiger partial charge in [0.15, 0.2) is 0 Å². The first-order valence-corrected chi connectivity index (χ1v) is 10.4. The Morgan fingerprint density at radius 3 is 2.16 bits per heavy atom. The van der Waals surface area contributed by atoms with Gasteiger partial charge in [-0.15, -0.1) is 0 Å². The lowest BCUT2D eigenvalue weighted by Gasteiger charge is -2.25. The summed E-state index contributed by atoms with van der Waals surface area (Å²) in [6.07, 6.45) is 0.204. The molecule has 0 aliphatic heterocycles. The van der Waals surface area contributed by atoms with Gasteiger partial charge < -0.3 is 19.5 Å². The third kappa shape index (κ3) is 5.59. The topological polar surface area (TPSA) is 76.1 Å². The van der Waals surface area contributed by atoms with Gasteiger partial charge in [-0.25, -0.2) is 0 Å². The first-order valence-electron chi connectivity index (χ1n) is 10.0. The van der Waals surface area contributed by atoms with Gasteiger partial charge in [0.25, 0.3) is 5.91 Å². The zero-order chi connectivity index (χ0) is 23.1. The Morgan fingerprint density at radius 1 is 0.906 bits per heavy atom. The molecule has 6 nitrogen and oxygen atoms in total. The number of methoxy groups -OCH3 is 2. The Kier molecular flexibility index (Phi) is 7.73. The van der Waals surface area contributed by atoms with E-state index in [-0.39, 0.29) is 25.3 Å². The fourth-order valence-corrected chi connectivity index (χ4v) is 3.56. The number of halogens is 1. The van der Waals surface area contributed by atoms with E-state index in [1.165, 1.54) is 19.1 Å². The van der Waals surface area contributed by atoms with Crippen molar-refractivity contribution in [1.29, 1.82) is 0 Å². The molecule has 0 saturated carbocycles. The van der Waals surface area contributed by atoms with Crippen molar-refractivity contribution in [2.45, 2.75) is 12.8 Å². The largest absolute Gasteiger partial charge is 0.497 e. The number of anilines is 1. The number of amides is 1. The van der Waals surface area contributed by atoms with E-state index in [9.17, 15) is 9.59 Å². The number of carbonyl (C=O) groups excluding carboxylic acids is 1. The molecule has 1 N–H and O–H groups in total. The van der Waals surface area contributed by atoms with Crippen LogP contribution in [-0.2, 0) is 4.79 Å². The maximum atomic E-state index is 13.6. The van der Waals surface area contributed by atoms with Crippen LogP contribution < -0.4 is 14.4 Å². The molecule has 32 heavy (non-hydrogen) atoms. The molecule has 0 spiro atoms. The minimum Gasteiger partial charge on any atom is -0.497 e. The van der Waals surface area contributed by atoms with Gasteiger partial charge in [-0.05, 0) is 41.8 Å². The molecule has 0 aromatic heterocycles. The summed E-state index contributed by atoms with van der Waals surface area (Å²) in [5.41, 5.74) is 2.72.